The molecule has 0 heterocycles. The average Bonchev–Trinajstić information content (AvgIpc) is 2.46. The first kappa shape index (κ1) is 16.0. The van der Waals surface area contributed by atoms with Crippen LogP contribution in [0.2, 0.25) is 5.02 Å². The van der Waals surface area contributed by atoms with Crippen LogP contribution in [-0.4, -0.2) is 30.6 Å². The predicted octanol–water partition coefficient (Wildman–Crippen LogP) is 2.57. The molecule has 2 rings (SSSR count). The fraction of sp³-hybridized carbons (Fsp3) is 0. The van der Waals surface area contributed by atoms with Gasteiger partial charge in [-0.05, 0) is 30.3 Å². The normalized spacial score (nSPS) is 11.1. The van der Waals surface area contributed by atoms with Crippen molar-refractivity contribution >= 4 is 33.4 Å². The van der Waals surface area contributed by atoms with E-state index >= 15 is 0 Å². The van der Waals surface area contributed by atoms with E-state index in [4.69, 9.17) is 21.8 Å². The summed E-state index contributed by atoms with van der Waals surface area (Å²) in [6, 6.07) is 8.24. The number of benzene rings is 2. The van der Waals surface area contributed by atoms with E-state index in [-0.39, 0.29) is 5.02 Å². The largest absolute Gasteiger partial charge is 0.478 e. The summed E-state index contributed by atoms with van der Waals surface area (Å²) in [6.07, 6.45) is 0. The highest BCUT2D eigenvalue weighted by molar-refractivity contribution is 7.91. The third-order valence-electron chi connectivity index (χ3n) is 2.87. The number of halogens is 1. The lowest BCUT2D eigenvalue weighted by Crippen LogP contribution is -2.13. The van der Waals surface area contributed by atoms with Crippen LogP contribution in [0, 0.1) is 0 Å². The van der Waals surface area contributed by atoms with Gasteiger partial charge in [0.25, 0.3) is 0 Å². The first-order valence-electron chi connectivity index (χ1n) is 5.85. The van der Waals surface area contributed by atoms with E-state index in [9.17, 15) is 18.0 Å². The molecule has 0 amide bonds. The van der Waals surface area contributed by atoms with Crippen molar-refractivity contribution in [3.8, 4) is 0 Å². The standard InChI is InChI=1S/C14H9ClO6S/c15-8-5-6-10(14(18)19)12(7-8)22(20,21)11-4-2-1-3-9(11)13(16)17/h1-7H,(H,16,17)(H,18,19). The molecule has 0 saturated heterocycles. The number of sulfone groups is 1. The Morgan fingerprint density at radius 1 is 0.864 bits per heavy atom. The summed E-state index contributed by atoms with van der Waals surface area (Å²) in [6.45, 7) is 0. The SMILES string of the molecule is O=C(O)c1ccccc1S(=O)(=O)c1cc(Cl)ccc1C(=O)O. The first-order chi connectivity index (χ1) is 10.2. The molecule has 0 bridgehead atoms. The maximum Gasteiger partial charge on any atom is 0.337 e. The van der Waals surface area contributed by atoms with Crippen LogP contribution >= 0.6 is 11.6 Å². The monoisotopic (exact) mass is 340 g/mol. The van der Waals surface area contributed by atoms with Crippen molar-refractivity contribution in [1.29, 1.82) is 0 Å². The summed E-state index contributed by atoms with van der Waals surface area (Å²) >= 11 is 5.74. The molecule has 0 aliphatic rings. The third-order valence-corrected chi connectivity index (χ3v) is 4.96. The number of hydrogen-bond acceptors (Lipinski definition) is 4. The molecule has 2 N–H and O–H groups in total. The van der Waals surface area contributed by atoms with Crippen LogP contribution in [0.3, 0.4) is 0 Å². The molecular formula is C14H9ClO6S. The van der Waals surface area contributed by atoms with Crippen LogP contribution < -0.4 is 0 Å². The lowest BCUT2D eigenvalue weighted by atomic mass is 10.2. The van der Waals surface area contributed by atoms with Crippen molar-refractivity contribution in [3.05, 3.63) is 58.6 Å². The molecule has 114 valence electrons. The van der Waals surface area contributed by atoms with Gasteiger partial charge in [-0.2, -0.15) is 0 Å². The number of carboxylic acid groups (broad SMARTS) is 2. The Morgan fingerprint density at radius 2 is 1.41 bits per heavy atom. The molecule has 0 aliphatic carbocycles. The van der Waals surface area contributed by atoms with E-state index in [2.05, 4.69) is 0 Å². The molecule has 8 heteroatoms. The Morgan fingerprint density at radius 3 is 2.00 bits per heavy atom. The van der Waals surface area contributed by atoms with Gasteiger partial charge in [0.05, 0.1) is 20.9 Å². The predicted molar refractivity (Wildman–Crippen MR) is 77.3 cm³/mol. The summed E-state index contributed by atoms with van der Waals surface area (Å²) in [4.78, 5) is 21.3. The van der Waals surface area contributed by atoms with Crippen molar-refractivity contribution < 1.29 is 28.2 Å². The Kier molecular flexibility index (Phi) is 4.20. The summed E-state index contributed by atoms with van der Waals surface area (Å²) in [5, 5.41) is 18.2. The maximum absolute atomic E-state index is 12.7. The van der Waals surface area contributed by atoms with E-state index < -0.39 is 42.7 Å². The van der Waals surface area contributed by atoms with Crippen LogP contribution in [0.1, 0.15) is 20.7 Å². The molecule has 2 aromatic carbocycles. The molecule has 2 aromatic rings. The van der Waals surface area contributed by atoms with Crippen molar-refractivity contribution in [2.75, 3.05) is 0 Å². The van der Waals surface area contributed by atoms with E-state index in [1.165, 1.54) is 18.2 Å². The lowest BCUT2D eigenvalue weighted by molar-refractivity contribution is 0.0683. The van der Waals surface area contributed by atoms with E-state index in [0.29, 0.717) is 0 Å². The second-order valence-electron chi connectivity index (χ2n) is 4.25. The number of rotatable bonds is 4. The number of hydrogen-bond donors (Lipinski definition) is 2. The molecule has 22 heavy (non-hydrogen) atoms. The highest BCUT2D eigenvalue weighted by Crippen LogP contribution is 2.29. The van der Waals surface area contributed by atoms with E-state index in [0.717, 1.165) is 24.3 Å². The van der Waals surface area contributed by atoms with Gasteiger partial charge >= 0.3 is 11.9 Å². The molecule has 0 aromatic heterocycles. The number of carboxylic acids is 2. The van der Waals surface area contributed by atoms with Crippen molar-refractivity contribution in [2.24, 2.45) is 0 Å². The van der Waals surface area contributed by atoms with Gasteiger partial charge in [0, 0.05) is 5.02 Å². The van der Waals surface area contributed by atoms with Crippen LogP contribution in [0.5, 0.6) is 0 Å². The lowest BCUT2D eigenvalue weighted by Gasteiger charge is -2.10. The number of carbonyl (C=O) groups is 2. The van der Waals surface area contributed by atoms with Crippen molar-refractivity contribution in [3.63, 3.8) is 0 Å². The Bertz CT molecular complexity index is 873. The second-order valence-corrected chi connectivity index (χ2v) is 6.57. The van der Waals surface area contributed by atoms with Gasteiger partial charge in [-0.25, -0.2) is 18.0 Å². The van der Waals surface area contributed by atoms with Gasteiger partial charge in [-0.15, -0.1) is 0 Å². The quantitative estimate of drug-likeness (QED) is 0.885. The van der Waals surface area contributed by atoms with Crippen LogP contribution in [-0.2, 0) is 9.84 Å². The molecule has 0 radical (unpaired) electrons. The molecule has 0 unspecified atom stereocenters. The van der Waals surface area contributed by atoms with Crippen LogP contribution in [0.4, 0.5) is 0 Å². The highest BCUT2D eigenvalue weighted by atomic mass is 35.5. The number of aromatic carboxylic acids is 2. The molecule has 0 spiro atoms. The van der Waals surface area contributed by atoms with Crippen molar-refractivity contribution in [2.45, 2.75) is 9.79 Å². The molecule has 6 nitrogen and oxygen atoms in total. The topological polar surface area (TPSA) is 109 Å². The van der Waals surface area contributed by atoms with Crippen molar-refractivity contribution in [1.82, 2.24) is 0 Å². The molecular weight excluding hydrogens is 332 g/mol. The zero-order chi connectivity index (χ0) is 16.5. The third kappa shape index (κ3) is 2.81. The average molecular weight is 341 g/mol. The van der Waals surface area contributed by atoms with Gasteiger partial charge < -0.3 is 10.2 Å². The second kappa shape index (κ2) is 5.78. The first-order valence-corrected chi connectivity index (χ1v) is 7.71. The summed E-state index contributed by atoms with van der Waals surface area (Å²) < 4.78 is 25.3. The Labute approximate surface area is 130 Å². The smallest absolute Gasteiger partial charge is 0.337 e. The van der Waals surface area contributed by atoms with E-state index in [1.54, 1.807) is 0 Å². The maximum atomic E-state index is 12.7. The Balaban J connectivity index is 2.80. The van der Waals surface area contributed by atoms with Gasteiger partial charge in [-0.3, -0.25) is 0 Å². The minimum atomic E-state index is -4.36. The van der Waals surface area contributed by atoms with Gasteiger partial charge in [0.1, 0.15) is 0 Å². The highest BCUT2D eigenvalue weighted by Gasteiger charge is 2.28. The van der Waals surface area contributed by atoms with E-state index in [1.807, 2.05) is 0 Å². The van der Waals surface area contributed by atoms with Gasteiger partial charge in [-0.1, -0.05) is 23.7 Å². The minimum absolute atomic E-state index is 0.0244. The molecule has 0 saturated carbocycles. The zero-order valence-electron chi connectivity index (χ0n) is 10.9. The molecule has 0 atom stereocenters. The summed E-state index contributed by atoms with van der Waals surface area (Å²) in [7, 11) is -4.36. The molecule has 0 aliphatic heterocycles. The van der Waals surface area contributed by atoms with Gasteiger partial charge in [0.2, 0.25) is 9.84 Å². The minimum Gasteiger partial charge on any atom is -0.478 e. The zero-order valence-corrected chi connectivity index (χ0v) is 12.4. The van der Waals surface area contributed by atoms with Gasteiger partial charge in [0.15, 0.2) is 0 Å². The summed E-state index contributed by atoms with van der Waals surface area (Å²) in [5.41, 5.74) is -0.927. The van der Waals surface area contributed by atoms with Crippen LogP contribution in [0.15, 0.2) is 52.3 Å². The molecule has 0 fully saturated rings. The fourth-order valence-corrected chi connectivity index (χ4v) is 3.79. The summed E-state index contributed by atoms with van der Waals surface area (Å²) in [5.74, 6) is -2.89. The van der Waals surface area contributed by atoms with Crippen LogP contribution in [0.25, 0.3) is 0 Å². The Hall–Kier alpha value is -2.38. The fourth-order valence-electron chi connectivity index (χ4n) is 1.89.